The smallest absolute Gasteiger partial charge is 0.407 e. The normalized spacial score (nSPS) is 19.1. The highest BCUT2D eigenvalue weighted by molar-refractivity contribution is 7.99. The molecule has 0 radical (unpaired) electrons. The van der Waals surface area contributed by atoms with Crippen LogP contribution in [0.2, 0.25) is 0 Å². The molecule has 1 aliphatic rings. The van der Waals surface area contributed by atoms with Crippen LogP contribution in [-0.4, -0.2) is 39.3 Å². The fraction of sp³-hybridized carbons (Fsp3) is 0.700. The lowest BCUT2D eigenvalue weighted by Gasteiger charge is -2.07. The molecule has 1 aromatic heterocycles. The predicted octanol–water partition coefficient (Wildman–Crippen LogP) is 1.28. The van der Waals surface area contributed by atoms with E-state index >= 15 is 0 Å². The van der Waals surface area contributed by atoms with Crippen molar-refractivity contribution in [1.82, 2.24) is 20.1 Å². The molecule has 0 aromatic carbocycles. The second-order valence-corrected chi connectivity index (χ2v) is 4.83. The Bertz CT molecular complexity index is 382. The lowest BCUT2D eigenvalue weighted by atomic mass is 10.3. The van der Waals surface area contributed by atoms with Gasteiger partial charge in [-0.1, -0.05) is 25.1 Å². The summed E-state index contributed by atoms with van der Waals surface area (Å²) in [6, 6.07) is 0. The second-order valence-electron chi connectivity index (χ2n) is 3.84. The van der Waals surface area contributed by atoms with Crippen molar-refractivity contribution in [1.29, 1.82) is 0 Å². The highest BCUT2D eigenvalue weighted by Gasteiger charge is 2.23. The minimum absolute atomic E-state index is 0.0659. The molecule has 2 rings (SSSR count). The van der Waals surface area contributed by atoms with Gasteiger partial charge in [-0.3, -0.25) is 0 Å². The number of nitrogens with zero attached hydrogens (tertiary/aromatic N) is 3. The van der Waals surface area contributed by atoms with Crippen LogP contribution in [0.1, 0.15) is 19.8 Å². The Kier molecular flexibility index (Phi) is 4.24. The van der Waals surface area contributed by atoms with Crippen LogP contribution in [-0.2, 0) is 11.3 Å². The van der Waals surface area contributed by atoms with Gasteiger partial charge < -0.3 is 10.1 Å². The Morgan fingerprint density at radius 3 is 3.29 bits per heavy atom. The highest BCUT2D eigenvalue weighted by Crippen LogP contribution is 2.18. The Morgan fingerprint density at radius 2 is 2.59 bits per heavy atom. The van der Waals surface area contributed by atoms with Crippen LogP contribution in [0.4, 0.5) is 4.79 Å². The maximum Gasteiger partial charge on any atom is 0.407 e. The molecule has 1 atom stereocenters. The number of carbonyl (C=O) groups is 1. The lowest BCUT2D eigenvalue weighted by molar-refractivity contribution is 0.150. The first-order chi connectivity index (χ1) is 8.29. The van der Waals surface area contributed by atoms with Crippen molar-refractivity contribution in [2.24, 2.45) is 0 Å². The molecule has 0 spiro atoms. The first kappa shape index (κ1) is 12.2. The summed E-state index contributed by atoms with van der Waals surface area (Å²) >= 11 is 1.58. The summed E-state index contributed by atoms with van der Waals surface area (Å²) in [5.74, 6) is 0.712. The third kappa shape index (κ3) is 3.36. The van der Waals surface area contributed by atoms with E-state index in [4.69, 9.17) is 4.74 Å². The SMILES string of the molecule is CCCCn1ncnc1SCC1CNC(=O)O1. The molecule has 0 saturated carbocycles. The number of unbranched alkanes of at least 4 members (excludes halogenated alkanes) is 1. The van der Waals surface area contributed by atoms with Crippen molar-refractivity contribution in [2.45, 2.75) is 37.6 Å². The number of alkyl carbamates (subject to hydrolysis) is 1. The number of amides is 1. The van der Waals surface area contributed by atoms with E-state index in [1.807, 2.05) is 4.68 Å². The molecule has 1 aromatic rings. The van der Waals surface area contributed by atoms with Crippen LogP contribution >= 0.6 is 11.8 Å². The van der Waals surface area contributed by atoms with Gasteiger partial charge in [-0.2, -0.15) is 5.10 Å². The molecule has 1 fully saturated rings. The Hall–Kier alpha value is -1.24. The Balaban J connectivity index is 1.82. The van der Waals surface area contributed by atoms with E-state index in [0.717, 1.165) is 24.5 Å². The van der Waals surface area contributed by atoms with Crippen LogP contribution in [0.3, 0.4) is 0 Å². The topological polar surface area (TPSA) is 69.0 Å². The third-order valence-corrected chi connectivity index (χ3v) is 3.56. The molecule has 1 unspecified atom stereocenters. The van der Waals surface area contributed by atoms with Gasteiger partial charge in [0.15, 0.2) is 5.16 Å². The molecule has 1 amide bonds. The number of carbonyl (C=O) groups excluding carboxylic acids is 1. The molecule has 0 aliphatic carbocycles. The molecule has 2 heterocycles. The van der Waals surface area contributed by atoms with Crippen LogP contribution in [0.5, 0.6) is 0 Å². The summed E-state index contributed by atoms with van der Waals surface area (Å²) in [6.45, 7) is 3.61. The summed E-state index contributed by atoms with van der Waals surface area (Å²) < 4.78 is 6.95. The lowest BCUT2D eigenvalue weighted by Crippen LogP contribution is -2.17. The number of rotatable bonds is 6. The standard InChI is InChI=1S/C10H16N4O2S/c1-2-3-4-14-9(12-7-13-14)17-6-8-5-11-10(15)16-8/h7-8H,2-6H2,1H3,(H,11,15). The van der Waals surface area contributed by atoms with Gasteiger partial charge in [-0.15, -0.1) is 0 Å². The van der Waals surface area contributed by atoms with Crippen molar-refractivity contribution in [3.8, 4) is 0 Å². The zero-order valence-electron chi connectivity index (χ0n) is 9.76. The number of thioether (sulfide) groups is 1. The summed E-state index contributed by atoms with van der Waals surface area (Å²) in [6.07, 6.45) is 3.40. The molecule has 1 aliphatic heterocycles. The average molecular weight is 256 g/mol. The van der Waals surface area contributed by atoms with E-state index in [1.165, 1.54) is 0 Å². The zero-order valence-corrected chi connectivity index (χ0v) is 10.6. The molecule has 17 heavy (non-hydrogen) atoms. The summed E-state index contributed by atoms with van der Waals surface area (Å²) in [5.41, 5.74) is 0. The molecule has 7 heteroatoms. The van der Waals surface area contributed by atoms with E-state index in [2.05, 4.69) is 22.3 Å². The molecular formula is C10H16N4O2S. The van der Waals surface area contributed by atoms with E-state index in [-0.39, 0.29) is 12.2 Å². The number of cyclic esters (lactones) is 1. The first-order valence-corrected chi connectivity index (χ1v) is 6.73. The summed E-state index contributed by atoms with van der Waals surface area (Å²) in [4.78, 5) is 15.1. The van der Waals surface area contributed by atoms with E-state index in [1.54, 1.807) is 18.1 Å². The molecule has 94 valence electrons. The number of ether oxygens (including phenoxy) is 1. The number of aromatic nitrogens is 3. The van der Waals surface area contributed by atoms with Crippen molar-refractivity contribution >= 4 is 17.9 Å². The molecule has 1 N–H and O–H groups in total. The molecular weight excluding hydrogens is 240 g/mol. The van der Waals surface area contributed by atoms with Crippen LogP contribution in [0, 0.1) is 0 Å². The molecule has 6 nitrogen and oxygen atoms in total. The van der Waals surface area contributed by atoms with Gasteiger partial charge in [-0.25, -0.2) is 14.5 Å². The predicted molar refractivity (Wildman–Crippen MR) is 63.9 cm³/mol. The first-order valence-electron chi connectivity index (χ1n) is 5.74. The van der Waals surface area contributed by atoms with Crippen LogP contribution in [0.15, 0.2) is 11.5 Å². The minimum atomic E-state index is -0.331. The van der Waals surface area contributed by atoms with Crippen molar-refractivity contribution < 1.29 is 9.53 Å². The van der Waals surface area contributed by atoms with Gasteiger partial charge in [0.05, 0.1) is 6.54 Å². The summed E-state index contributed by atoms with van der Waals surface area (Å²) in [5, 5.41) is 7.70. The van der Waals surface area contributed by atoms with E-state index < -0.39 is 0 Å². The van der Waals surface area contributed by atoms with Gasteiger partial charge in [0.1, 0.15) is 12.4 Å². The summed E-state index contributed by atoms with van der Waals surface area (Å²) in [7, 11) is 0. The third-order valence-electron chi connectivity index (χ3n) is 2.45. The van der Waals surface area contributed by atoms with Crippen LogP contribution in [0.25, 0.3) is 0 Å². The monoisotopic (exact) mass is 256 g/mol. The van der Waals surface area contributed by atoms with Gasteiger partial charge >= 0.3 is 6.09 Å². The van der Waals surface area contributed by atoms with E-state index in [0.29, 0.717) is 12.3 Å². The number of hydrogen-bond acceptors (Lipinski definition) is 5. The fourth-order valence-corrected chi connectivity index (χ4v) is 2.45. The highest BCUT2D eigenvalue weighted by atomic mass is 32.2. The number of nitrogens with one attached hydrogen (secondary N) is 1. The molecule has 0 bridgehead atoms. The molecule has 1 saturated heterocycles. The Morgan fingerprint density at radius 1 is 1.71 bits per heavy atom. The maximum absolute atomic E-state index is 10.8. The van der Waals surface area contributed by atoms with Gasteiger partial charge in [0.2, 0.25) is 0 Å². The van der Waals surface area contributed by atoms with Gasteiger partial charge in [0.25, 0.3) is 0 Å². The zero-order chi connectivity index (χ0) is 12.1. The number of hydrogen-bond donors (Lipinski definition) is 1. The van der Waals surface area contributed by atoms with Gasteiger partial charge in [0, 0.05) is 12.3 Å². The second kappa shape index (κ2) is 5.90. The van der Waals surface area contributed by atoms with Crippen LogP contribution < -0.4 is 5.32 Å². The average Bonchev–Trinajstić information content (AvgIpc) is 2.92. The quantitative estimate of drug-likeness (QED) is 0.776. The van der Waals surface area contributed by atoms with Gasteiger partial charge in [-0.05, 0) is 6.42 Å². The van der Waals surface area contributed by atoms with Crippen molar-refractivity contribution in [2.75, 3.05) is 12.3 Å². The van der Waals surface area contributed by atoms with Crippen molar-refractivity contribution in [3.05, 3.63) is 6.33 Å². The fourth-order valence-electron chi connectivity index (χ4n) is 1.52. The van der Waals surface area contributed by atoms with E-state index in [9.17, 15) is 4.79 Å². The maximum atomic E-state index is 10.8. The Labute approximate surface area is 104 Å². The number of aryl methyl sites for hydroxylation is 1. The minimum Gasteiger partial charge on any atom is -0.443 e. The van der Waals surface area contributed by atoms with Crippen molar-refractivity contribution in [3.63, 3.8) is 0 Å². The largest absolute Gasteiger partial charge is 0.443 e.